The van der Waals surface area contributed by atoms with Gasteiger partial charge in [0.2, 0.25) is 0 Å². The van der Waals surface area contributed by atoms with Crippen LogP contribution in [-0.4, -0.2) is 0 Å². The summed E-state index contributed by atoms with van der Waals surface area (Å²) in [5.41, 5.74) is 1.17. The molecule has 3 unspecified atom stereocenters. The maximum atomic E-state index is 13.0. The number of alkyl halides is 3. The minimum Gasteiger partial charge on any atom is -0.166 e. The Morgan fingerprint density at radius 1 is 0.950 bits per heavy atom. The molecule has 3 rings (SSSR count). The smallest absolute Gasteiger partial charge is 0.166 e. The largest absolute Gasteiger partial charge is 0.416 e. The Morgan fingerprint density at radius 2 is 1.70 bits per heavy atom. The molecule has 0 nitrogen and oxygen atoms in total. The van der Waals surface area contributed by atoms with Crippen LogP contribution in [0.25, 0.3) is 0 Å². The van der Waals surface area contributed by atoms with Gasteiger partial charge in [0, 0.05) is 0 Å². The molecule has 1 aromatic rings. The van der Waals surface area contributed by atoms with Gasteiger partial charge in [-0.3, -0.25) is 0 Å². The van der Waals surface area contributed by atoms with Crippen LogP contribution in [0.5, 0.6) is 0 Å². The summed E-state index contributed by atoms with van der Waals surface area (Å²) in [7, 11) is 0. The average molecular weight is 282 g/mol. The van der Waals surface area contributed by atoms with Crippen LogP contribution in [0, 0.1) is 18.8 Å². The number of rotatable bonds is 1. The maximum absolute atomic E-state index is 13.0. The van der Waals surface area contributed by atoms with Gasteiger partial charge in [-0.1, -0.05) is 30.9 Å². The quantitative estimate of drug-likeness (QED) is 0.620. The maximum Gasteiger partial charge on any atom is 0.416 e. The van der Waals surface area contributed by atoms with Crippen molar-refractivity contribution < 1.29 is 13.2 Å². The molecule has 0 bridgehead atoms. The van der Waals surface area contributed by atoms with Crippen LogP contribution in [0.15, 0.2) is 18.2 Å². The highest BCUT2D eigenvalue weighted by Gasteiger charge is 2.39. The normalized spacial score (nSPS) is 30.3. The van der Waals surface area contributed by atoms with Gasteiger partial charge in [0.15, 0.2) is 0 Å². The van der Waals surface area contributed by atoms with Crippen LogP contribution in [-0.2, 0) is 6.18 Å². The molecule has 0 N–H and O–H groups in total. The van der Waals surface area contributed by atoms with Crippen molar-refractivity contribution in [2.45, 2.75) is 57.5 Å². The van der Waals surface area contributed by atoms with Crippen molar-refractivity contribution in [1.82, 2.24) is 0 Å². The zero-order valence-electron chi connectivity index (χ0n) is 11.8. The van der Waals surface area contributed by atoms with Gasteiger partial charge in [0.1, 0.15) is 0 Å². The second-order valence-corrected chi connectivity index (χ2v) is 6.52. The summed E-state index contributed by atoms with van der Waals surface area (Å²) in [5, 5.41) is 0. The van der Waals surface area contributed by atoms with E-state index in [1.807, 2.05) is 6.07 Å². The number of hydrogen-bond donors (Lipinski definition) is 0. The molecule has 3 atom stereocenters. The lowest BCUT2D eigenvalue weighted by molar-refractivity contribution is -0.137. The topological polar surface area (TPSA) is 0 Å². The van der Waals surface area contributed by atoms with E-state index in [-0.39, 0.29) is 0 Å². The second kappa shape index (κ2) is 5.09. The minimum atomic E-state index is -4.23. The molecule has 2 aliphatic rings. The third-order valence-corrected chi connectivity index (χ3v) is 5.19. The SMILES string of the molecule is Cc1cc(C2CCC3CCCCC32)cc(C(F)(F)F)c1. The minimum absolute atomic E-state index is 0.348. The molecule has 0 amide bonds. The van der Waals surface area contributed by atoms with Crippen molar-refractivity contribution >= 4 is 0 Å². The van der Waals surface area contributed by atoms with Gasteiger partial charge in [-0.05, 0) is 61.6 Å². The number of hydrogen-bond acceptors (Lipinski definition) is 0. The van der Waals surface area contributed by atoms with Crippen LogP contribution in [0.3, 0.4) is 0 Å². The van der Waals surface area contributed by atoms with Crippen molar-refractivity contribution in [3.05, 3.63) is 34.9 Å². The fraction of sp³-hybridized carbons (Fsp3) is 0.647. The summed E-state index contributed by atoms with van der Waals surface area (Å²) in [5.74, 6) is 1.72. The van der Waals surface area contributed by atoms with E-state index in [2.05, 4.69) is 0 Å². The summed E-state index contributed by atoms with van der Waals surface area (Å²) >= 11 is 0. The van der Waals surface area contributed by atoms with Crippen molar-refractivity contribution in [1.29, 1.82) is 0 Å². The zero-order valence-corrected chi connectivity index (χ0v) is 11.8. The molecule has 2 aliphatic carbocycles. The van der Waals surface area contributed by atoms with Gasteiger partial charge >= 0.3 is 6.18 Å². The van der Waals surface area contributed by atoms with Crippen LogP contribution in [0.4, 0.5) is 13.2 Å². The lowest BCUT2D eigenvalue weighted by Crippen LogP contribution is -2.18. The lowest BCUT2D eigenvalue weighted by atomic mass is 9.75. The Hall–Kier alpha value is -0.990. The molecule has 0 radical (unpaired) electrons. The monoisotopic (exact) mass is 282 g/mol. The average Bonchev–Trinajstić information content (AvgIpc) is 2.80. The Balaban J connectivity index is 1.92. The predicted octanol–water partition coefficient (Wildman–Crippen LogP) is 5.70. The first kappa shape index (κ1) is 14.0. The van der Waals surface area contributed by atoms with Crippen LogP contribution >= 0.6 is 0 Å². The second-order valence-electron chi connectivity index (χ2n) is 6.52. The molecule has 110 valence electrons. The summed E-state index contributed by atoms with van der Waals surface area (Å²) in [6.45, 7) is 1.77. The highest BCUT2D eigenvalue weighted by molar-refractivity contribution is 5.34. The molecule has 0 aliphatic heterocycles. The first-order chi connectivity index (χ1) is 9.45. The third kappa shape index (κ3) is 2.59. The molecule has 0 heterocycles. The van der Waals surface area contributed by atoms with Gasteiger partial charge in [-0.15, -0.1) is 0 Å². The molecule has 0 saturated heterocycles. The molecule has 0 spiro atoms. The predicted molar refractivity (Wildman–Crippen MR) is 73.6 cm³/mol. The molecular formula is C17H21F3. The molecule has 20 heavy (non-hydrogen) atoms. The van der Waals surface area contributed by atoms with Gasteiger partial charge in [-0.25, -0.2) is 0 Å². The summed E-state index contributed by atoms with van der Waals surface area (Å²) < 4.78 is 38.9. The number of benzene rings is 1. The Kier molecular flexibility index (Phi) is 3.55. The first-order valence-corrected chi connectivity index (χ1v) is 7.64. The van der Waals surface area contributed by atoms with Crippen molar-refractivity contribution in [2.75, 3.05) is 0 Å². The zero-order chi connectivity index (χ0) is 14.3. The number of fused-ring (bicyclic) bond motifs is 1. The van der Waals surface area contributed by atoms with Crippen molar-refractivity contribution in [3.8, 4) is 0 Å². The van der Waals surface area contributed by atoms with Gasteiger partial charge < -0.3 is 0 Å². The van der Waals surface area contributed by atoms with E-state index >= 15 is 0 Å². The van der Waals surface area contributed by atoms with Crippen molar-refractivity contribution in [3.63, 3.8) is 0 Å². The molecular weight excluding hydrogens is 261 g/mol. The van der Waals surface area contributed by atoms with Gasteiger partial charge in [0.05, 0.1) is 5.56 Å². The standard InChI is InChI=1S/C17H21F3/c1-11-8-13(10-14(9-11)17(18,19)20)16-7-6-12-4-2-3-5-15(12)16/h8-10,12,15-16H,2-7H2,1H3. The Morgan fingerprint density at radius 3 is 2.45 bits per heavy atom. The number of halogens is 3. The van der Waals surface area contributed by atoms with E-state index in [0.717, 1.165) is 23.5 Å². The van der Waals surface area contributed by atoms with E-state index in [4.69, 9.17) is 0 Å². The third-order valence-electron chi connectivity index (χ3n) is 5.19. The van der Waals surface area contributed by atoms with E-state index < -0.39 is 11.7 Å². The van der Waals surface area contributed by atoms with Gasteiger partial charge in [-0.2, -0.15) is 13.2 Å². The molecule has 2 saturated carbocycles. The molecule has 2 fully saturated rings. The molecule has 1 aromatic carbocycles. The lowest BCUT2D eigenvalue weighted by Gasteiger charge is -2.30. The number of aryl methyl sites for hydroxylation is 1. The van der Waals surface area contributed by atoms with Crippen LogP contribution in [0.1, 0.15) is 61.1 Å². The summed E-state index contributed by atoms with van der Waals surface area (Å²) in [4.78, 5) is 0. The van der Waals surface area contributed by atoms with E-state index in [9.17, 15) is 13.2 Å². The van der Waals surface area contributed by atoms with E-state index in [0.29, 0.717) is 11.8 Å². The van der Waals surface area contributed by atoms with Crippen molar-refractivity contribution in [2.24, 2.45) is 11.8 Å². The molecule has 3 heteroatoms. The fourth-order valence-corrected chi connectivity index (χ4v) is 4.34. The van der Waals surface area contributed by atoms with Gasteiger partial charge in [0.25, 0.3) is 0 Å². The summed E-state index contributed by atoms with van der Waals surface area (Å²) in [6.07, 6.45) is 3.06. The first-order valence-electron chi connectivity index (χ1n) is 7.64. The van der Waals surface area contributed by atoms with E-state index in [1.54, 1.807) is 6.92 Å². The Bertz CT molecular complexity index is 489. The van der Waals surface area contributed by atoms with Crippen LogP contribution < -0.4 is 0 Å². The Labute approximate surface area is 118 Å². The summed E-state index contributed by atoms with van der Waals surface area (Å²) in [6, 6.07) is 4.63. The van der Waals surface area contributed by atoms with Crippen LogP contribution in [0.2, 0.25) is 0 Å². The highest BCUT2D eigenvalue weighted by Crippen LogP contribution is 2.51. The molecule has 0 aromatic heterocycles. The van der Waals surface area contributed by atoms with E-state index in [1.165, 1.54) is 44.2 Å². The fourth-order valence-electron chi connectivity index (χ4n) is 4.34. The highest BCUT2D eigenvalue weighted by atomic mass is 19.4.